The lowest BCUT2D eigenvalue weighted by Gasteiger charge is -2.10. The topological polar surface area (TPSA) is 64.7 Å². The first-order chi connectivity index (χ1) is 8.20. The highest BCUT2D eigenvalue weighted by Gasteiger charge is 2.21. The fourth-order valence-electron chi connectivity index (χ4n) is 1.54. The van der Waals surface area contributed by atoms with Crippen LogP contribution in [0.1, 0.15) is 18.6 Å². The van der Waals surface area contributed by atoms with E-state index in [1.165, 1.54) is 12.1 Å². The molecule has 1 aliphatic heterocycles. The summed E-state index contributed by atoms with van der Waals surface area (Å²) in [4.78, 5) is 14.4. The standard InChI is InChI=1S/C11H12N2O3S/c1-2-17-11-12-7-10(16-11)8-3-5-9(6-4-8)13(14)15/h3-6,10H,2,7H2,1H3. The van der Waals surface area contributed by atoms with Gasteiger partial charge < -0.3 is 4.74 Å². The normalized spacial score (nSPS) is 18.6. The first kappa shape index (κ1) is 11.9. The number of non-ortho nitro benzene ring substituents is 1. The van der Waals surface area contributed by atoms with Crippen molar-refractivity contribution in [1.29, 1.82) is 0 Å². The summed E-state index contributed by atoms with van der Waals surface area (Å²) in [5.41, 5.74) is 1.02. The number of nitro groups is 1. The van der Waals surface area contributed by atoms with E-state index in [1.54, 1.807) is 23.9 Å². The second-order valence-electron chi connectivity index (χ2n) is 3.49. The summed E-state index contributed by atoms with van der Waals surface area (Å²) in [7, 11) is 0. The van der Waals surface area contributed by atoms with Crippen LogP contribution in [0, 0.1) is 10.1 Å². The molecule has 17 heavy (non-hydrogen) atoms. The van der Waals surface area contributed by atoms with E-state index in [0.717, 1.165) is 11.3 Å². The Bertz CT molecular complexity index is 445. The number of nitrogens with zero attached hydrogens (tertiary/aromatic N) is 2. The van der Waals surface area contributed by atoms with Crippen molar-refractivity contribution in [2.24, 2.45) is 4.99 Å². The average molecular weight is 252 g/mol. The summed E-state index contributed by atoms with van der Waals surface area (Å²) in [5.74, 6) is 0.922. The van der Waals surface area contributed by atoms with Crippen molar-refractivity contribution in [3.8, 4) is 0 Å². The van der Waals surface area contributed by atoms with Crippen LogP contribution < -0.4 is 0 Å². The fraction of sp³-hybridized carbons (Fsp3) is 0.364. The summed E-state index contributed by atoms with van der Waals surface area (Å²) >= 11 is 1.56. The average Bonchev–Trinajstić information content (AvgIpc) is 2.78. The van der Waals surface area contributed by atoms with Gasteiger partial charge in [-0.15, -0.1) is 0 Å². The predicted octanol–water partition coefficient (Wildman–Crippen LogP) is 2.78. The van der Waals surface area contributed by atoms with E-state index in [0.29, 0.717) is 11.8 Å². The Balaban J connectivity index is 2.03. The van der Waals surface area contributed by atoms with Gasteiger partial charge in [0.15, 0.2) is 0 Å². The van der Waals surface area contributed by atoms with Gasteiger partial charge in [-0.1, -0.05) is 18.7 Å². The quantitative estimate of drug-likeness (QED) is 0.613. The Morgan fingerprint density at radius 3 is 2.82 bits per heavy atom. The first-order valence-corrected chi connectivity index (χ1v) is 6.27. The minimum atomic E-state index is -0.409. The summed E-state index contributed by atoms with van der Waals surface area (Å²) in [6.07, 6.45) is -0.107. The maximum atomic E-state index is 10.5. The van der Waals surface area contributed by atoms with Gasteiger partial charge in [0.1, 0.15) is 6.10 Å². The van der Waals surface area contributed by atoms with Crippen molar-refractivity contribution in [2.45, 2.75) is 13.0 Å². The van der Waals surface area contributed by atoms with Crippen LogP contribution in [-0.2, 0) is 4.74 Å². The van der Waals surface area contributed by atoms with Gasteiger partial charge in [0.25, 0.3) is 5.69 Å². The number of rotatable bonds is 3. The number of ether oxygens (including phenoxy) is 1. The zero-order valence-corrected chi connectivity index (χ0v) is 10.1. The molecule has 0 spiro atoms. The predicted molar refractivity (Wildman–Crippen MR) is 67.4 cm³/mol. The number of hydrogen-bond donors (Lipinski definition) is 0. The Morgan fingerprint density at radius 1 is 1.53 bits per heavy atom. The van der Waals surface area contributed by atoms with Gasteiger partial charge in [0.2, 0.25) is 5.23 Å². The van der Waals surface area contributed by atoms with E-state index >= 15 is 0 Å². The molecule has 1 aromatic rings. The third-order valence-corrected chi connectivity index (χ3v) is 3.13. The maximum absolute atomic E-state index is 10.5. The first-order valence-electron chi connectivity index (χ1n) is 5.29. The van der Waals surface area contributed by atoms with Crippen molar-refractivity contribution in [2.75, 3.05) is 12.3 Å². The lowest BCUT2D eigenvalue weighted by Crippen LogP contribution is -2.03. The Labute approximate surface area is 103 Å². The minimum absolute atomic E-state index is 0.0934. The van der Waals surface area contributed by atoms with E-state index in [1.807, 2.05) is 6.92 Å². The highest BCUT2D eigenvalue weighted by Crippen LogP contribution is 2.27. The highest BCUT2D eigenvalue weighted by molar-refractivity contribution is 8.13. The summed E-state index contributed by atoms with van der Waals surface area (Å²) in [6.45, 7) is 2.62. The molecule has 1 heterocycles. The van der Waals surface area contributed by atoms with Gasteiger partial charge in [0.05, 0.1) is 11.5 Å². The number of nitro benzene ring substituents is 1. The van der Waals surface area contributed by atoms with Gasteiger partial charge >= 0.3 is 0 Å². The van der Waals surface area contributed by atoms with E-state index in [9.17, 15) is 10.1 Å². The third-order valence-electron chi connectivity index (χ3n) is 2.37. The van der Waals surface area contributed by atoms with E-state index in [4.69, 9.17) is 4.74 Å². The smallest absolute Gasteiger partial charge is 0.269 e. The maximum Gasteiger partial charge on any atom is 0.269 e. The highest BCUT2D eigenvalue weighted by atomic mass is 32.2. The van der Waals surface area contributed by atoms with E-state index < -0.39 is 4.92 Å². The lowest BCUT2D eigenvalue weighted by molar-refractivity contribution is -0.384. The van der Waals surface area contributed by atoms with Crippen molar-refractivity contribution >= 4 is 22.7 Å². The minimum Gasteiger partial charge on any atom is -0.463 e. The van der Waals surface area contributed by atoms with Gasteiger partial charge in [-0.2, -0.15) is 0 Å². The van der Waals surface area contributed by atoms with Gasteiger partial charge in [-0.05, 0) is 23.4 Å². The van der Waals surface area contributed by atoms with E-state index in [-0.39, 0.29) is 11.8 Å². The molecule has 2 rings (SSSR count). The molecule has 90 valence electrons. The second kappa shape index (κ2) is 5.18. The van der Waals surface area contributed by atoms with E-state index in [2.05, 4.69) is 4.99 Å². The van der Waals surface area contributed by atoms with Gasteiger partial charge in [-0.3, -0.25) is 10.1 Å². The van der Waals surface area contributed by atoms with Crippen molar-refractivity contribution in [3.05, 3.63) is 39.9 Å². The summed E-state index contributed by atoms with van der Waals surface area (Å²) < 4.78 is 5.63. The molecular formula is C11H12N2O3S. The number of thioether (sulfide) groups is 1. The summed E-state index contributed by atoms with van der Waals surface area (Å²) in [6, 6.07) is 6.42. The summed E-state index contributed by atoms with van der Waals surface area (Å²) in [5, 5.41) is 11.2. The van der Waals surface area contributed by atoms with Crippen molar-refractivity contribution < 1.29 is 9.66 Å². The van der Waals surface area contributed by atoms with Crippen molar-refractivity contribution in [1.82, 2.24) is 0 Å². The van der Waals surface area contributed by atoms with Gasteiger partial charge in [0, 0.05) is 12.1 Å². The Kier molecular flexibility index (Phi) is 3.63. The second-order valence-corrected chi connectivity index (χ2v) is 4.71. The molecule has 0 radical (unpaired) electrons. The van der Waals surface area contributed by atoms with Crippen LogP contribution >= 0.6 is 11.8 Å². The molecule has 0 aromatic heterocycles. The molecule has 5 nitrogen and oxygen atoms in total. The number of aliphatic imine (C=N–C) groups is 1. The van der Waals surface area contributed by atoms with Crippen LogP contribution in [0.2, 0.25) is 0 Å². The Hall–Kier alpha value is -1.56. The fourth-order valence-corrected chi connectivity index (χ4v) is 2.14. The molecule has 0 N–H and O–H groups in total. The monoisotopic (exact) mass is 252 g/mol. The zero-order valence-electron chi connectivity index (χ0n) is 9.33. The van der Waals surface area contributed by atoms with Gasteiger partial charge in [-0.25, -0.2) is 4.99 Å². The molecule has 6 heteroatoms. The van der Waals surface area contributed by atoms with Crippen LogP contribution in [0.15, 0.2) is 29.3 Å². The molecule has 1 aromatic carbocycles. The Morgan fingerprint density at radius 2 is 2.24 bits per heavy atom. The van der Waals surface area contributed by atoms with Crippen LogP contribution in [0.25, 0.3) is 0 Å². The van der Waals surface area contributed by atoms with Crippen molar-refractivity contribution in [3.63, 3.8) is 0 Å². The molecule has 0 amide bonds. The number of hydrogen-bond acceptors (Lipinski definition) is 5. The molecule has 0 bridgehead atoms. The molecule has 1 atom stereocenters. The lowest BCUT2D eigenvalue weighted by atomic mass is 10.1. The largest absolute Gasteiger partial charge is 0.463 e. The third kappa shape index (κ3) is 2.76. The van der Waals surface area contributed by atoms with Crippen LogP contribution in [0.4, 0.5) is 5.69 Å². The number of benzene rings is 1. The SMILES string of the molecule is CCSC1=NCC(c2ccc([N+](=O)[O-])cc2)O1. The molecule has 1 aliphatic rings. The molecule has 1 unspecified atom stereocenters. The van der Waals surface area contributed by atoms with Crippen LogP contribution in [-0.4, -0.2) is 22.5 Å². The molecule has 0 saturated heterocycles. The molecule has 0 aliphatic carbocycles. The van der Waals surface area contributed by atoms with Crippen LogP contribution in [0.5, 0.6) is 0 Å². The zero-order chi connectivity index (χ0) is 12.3. The van der Waals surface area contributed by atoms with Crippen LogP contribution in [0.3, 0.4) is 0 Å². The molecular weight excluding hydrogens is 240 g/mol. The molecule has 0 fully saturated rings. The molecule has 0 saturated carbocycles.